The fourth-order valence-corrected chi connectivity index (χ4v) is 3.22. The molecule has 3 heteroatoms. The molecule has 112 valence electrons. The molecule has 0 amide bonds. The number of aromatic nitrogens is 1. The van der Waals surface area contributed by atoms with Crippen LogP contribution in [-0.2, 0) is 19.5 Å². The molecule has 1 aromatic carbocycles. The van der Waals surface area contributed by atoms with Crippen LogP contribution in [0.15, 0.2) is 18.2 Å². The summed E-state index contributed by atoms with van der Waals surface area (Å²) in [6, 6.07) is 6.77. The summed E-state index contributed by atoms with van der Waals surface area (Å²) in [6.07, 6.45) is 1.06. The van der Waals surface area contributed by atoms with Gasteiger partial charge in [-0.1, -0.05) is 19.9 Å². The van der Waals surface area contributed by atoms with Gasteiger partial charge in [-0.2, -0.15) is 0 Å². The Hall–Kier alpha value is -1.45. The molecule has 0 radical (unpaired) electrons. The number of pyridine rings is 1. The lowest BCUT2D eigenvalue weighted by molar-refractivity contribution is 0.309. The van der Waals surface area contributed by atoms with E-state index in [9.17, 15) is 0 Å². The Balaban J connectivity index is 2.24. The molecule has 3 rings (SSSR count). The first-order chi connectivity index (χ1) is 10.1. The first kappa shape index (κ1) is 14.5. The lowest BCUT2D eigenvalue weighted by atomic mass is 9.93. The first-order valence-corrected chi connectivity index (χ1v) is 7.87. The van der Waals surface area contributed by atoms with Crippen molar-refractivity contribution in [2.75, 3.05) is 20.6 Å². The van der Waals surface area contributed by atoms with E-state index in [0.717, 1.165) is 31.6 Å². The minimum absolute atomic E-state index is 0.551. The molecule has 1 aliphatic rings. The summed E-state index contributed by atoms with van der Waals surface area (Å²) in [4.78, 5) is 7.33. The van der Waals surface area contributed by atoms with Gasteiger partial charge < -0.3 is 10.2 Å². The minimum atomic E-state index is 0.551. The van der Waals surface area contributed by atoms with Gasteiger partial charge in [0.2, 0.25) is 0 Å². The van der Waals surface area contributed by atoms with Crippen molar-refractivity contribution < 1.29 is 0 Å². The van der Waals surface area contributed by atoms with Gasteiger partial charge in [0.1, 0.15) is 0 Å². The highest BCUT2D eigenvalue weighted by atomic mass is 15.1. The molecule has 1 aromatic heterocycles. The topological polar surface area (TPSA) is 28.2 Å². The van der Waals surface area contributed by atoms with Crippen molar-refractivity contribution in [3.05, 3.63) is 40.6 Å². The normalized spacial score (nSPS) is 15.7. The van der Waals surface area contributed by atoms with E-state index in [2.05, 4.69) is 49.3 Å². The fourth-order valence-electron chi connectivity index (χ4n) is 3.22. The van der Waals surface area contributed by atoms with Gasteiger partial charge in [0.25, 0.3) is 0 Å². The fraction of sp³-hybridized carbons (Fsp3) is 0.500. The second-order valence-electron chi connectivity index (χ2n) is 6.47. The Morgan fingerprint density at radius 3 is 2.86 bits per heavy atom. The molecule has 21 heavy (non-hydrogen) atoms. The van der Waals surface area contributed by atoms with Gasteiger partial charge in [-0.05, 0) is 48.8 Å². The summed E-state index contributed by atoms with van der Waals surface area (Å²) in [5, 5.41) is 4.67. The highest BCUT2D eigenvalue weighted by molar-refractivity contribution is 5.84. The van der Waals surface area contributed by atoms with Gasteiger partial charge in [0, 0.05) is 37.1 Å². The number of hydrogen-bond acceptors (Lipinski definition) is 3. The Morgan fingerprint density at radius 1 is 1.33 bits per heavy atom. The lowest BCUT2D eigenvalue weighted by Crippen LogP contribution is -2.29. The molecule has 0 atom stereocenters. The van der Waals surface area contributed by atoms with Crippen molar-refractivity contribution in [1.82, 2.24) is 15.2 Å². The predicted molar refractivity (Wildman–Crippen MR) is 88.6 cm³/mol. The van der Waals surface area contributed by atoms with E-state index in [-0.39, 0.29) is 0 Å². The van der Waals surface area contributed by atoms with Crippen LogP contribution in [0.4, 0.5) is 0 Å². The third kappa shape index (κ3) is 2.68. The number of fused-ring (bicyclic) bond motifs is 2. The van der Waals surface area contributed by atoms with E-state index in [0.29, 0.717) is 5.92 Å². The van der Waals surface area contributed by atoms with Gasteiger partial charge in [0.05, 0.1) is 5.52 Å². The number of hydrogen-bond donors (Lipinski definition) is 1. The maximum atomic E-state index is 4.94. The molecule has 2 aromatic rings. The molecular formula is C18H25N3. The van der Waals surface area contributed by atoms with E-state index in [1.807, 2.05) is 7.05 Å². The highest BCUT2D eigenvalue weighted by Crippen LogP contribution is 2.29. The highest BCUT2D eigenvalue weighted by Gasteiger charge is 2.20. The zero-order chi connectivity index (χ0) is 15.0. The maximum absolute atomic E-state index is 4.94. The van der Waals surface area contributed by atoms with Crippen molar-refractivity contribution >= 4 is 10.9 Å². The van der Waals surface area contributed by atoms with Crippen LogP contribution in [0.2, 0.25) is 0 Å². The Kier molecular flexibility index (Phi) is 3.96. The largest absolute Gasteiger partial charge is 0.316 e. The quantitative estimate of drug-likeness (QED) is 0.938. The third-order valence-electron chi connectivity index (χ3n) is 4.49. The van der Waals surface area contributed by atoms with Crippen LogP contribution >= 0.6 is 0 Å². The van der Waals surface area contributed by atoms with Crippen LogP contribution in [0, 0.1) is 0 Å². The second kappa shape index (κ2) is 5.74. The average molecular weight is 283 g/mol. The summed E-state index contributed by atoms with van der Waals surface area (Å²) >= 11 is 0. The van der Waals surface area contributed by atoms with Crippen molar-refractivity contribution in [3.63, 3.8) is 0 Å². The van der Waals surface area contributed by atoms with Gasteiger partial charge in [-0.3, -0.25) is 4.98 Å². The summed E-state index contributed by atoms with van der Waals surface area (Å²) in [5.74, 6) is 0.551. The second-order valence-corrected chi connectivity index (χ2v) is 6.47. The summed E-state index contributed by atoms with van der Waals surface area (Å²) in [7, 11) is 4.22. The van der Waals surface area contributed by atoms with Crippen LogP contribution in [-0.4, -0.2) is 30.5 Å². The van der Waals surface area contributed by atoms with E-state index < -0.39 is 0 Å². The zero-order valence-electron chi connectivity index (χ0n) is 13.5. The Labute approximate surface area is 127 Å². The first-order valence-electron chi connectivity index (χ1n) is 7.87. The molecule has 1 aliphatic heterocycles. The molecule has 0 saturated carbocycles. The standard InChI is InChI=1S/C18H25N3/c1-12(2)13-5-6-17-14(9-13)15(10-19-3)16-11-21(4)8-7-18(16)20-17/h5-6,9,12,19H,7-8,10-11H2,1-4H3. The number of likely N-dealkylation sites (N-methyl/N-ethyl adjacent to an activating group) is 1. The van der Waals surface area contributed by atoms with E-state index >= 15 is 0 Å². The number of rotatable bonds is 3. The van der Waals surface area contributed by atoms with Gasteiger partial charge in [-0.15, -0.1) is 0 Å². The molecule has 0 unspecified atom stereocenters. The molecule has 0 aliphatic carbocycles. The third-order valence-corrected chi connectivity index (χ3v) is 4.49. The zero-order valence-corrected chi connectivity index (χ0v) is 13.5. The Morgan fingerprint density at radius 2 is 2.14 bits per heavy atom. The Bertz CT molecular complexity index is 661. The SMILES string of the molecule is CNCc1c2c(nc3ccc(C(C)C)cc13)CCN(C)C2. The van der Waals surface area contributed by atoms with Gasteiger partial charge >= 0.3 is 0 Å². The predicted octanol–water partition coefficient (Wildman–Crippen LogP) is 3.07. The van der Waals surface area contributed by atoms with Crippen molar-refractivity contribution in [2.45, 2.75) is 39.3 Å². The molecular weight excluding hydrogens is 258 g/mol. The van der Waals surface area contributed by atoms with Crippen molar-refractivity contribution in [2.24, 2.45) is 0 Å². The van der Waals surface area contributed by atoms with Crippen molar-refractivity contribution in [1.29, 1.82) is 0 Å². The van der Waals surface area contributed by atoms with Crippen LogP contribution < -0.4 is 5.32 Å². The average Bonchev–Trinajstić information content (AvgIpc) is 2.47. The molecule has 0 fully saturated rings. The molecule has 0 spiro atoms. The van der Waals surface area contributed by atoms with Crippen LogP contribution in [0.1, 0.15) is 42.1 Å². The van der Waals surface area contributed by atoms with Gasteiger partial charge in [0.15, 0.2) is 0 Å². The van der Waals surface area contributed by atoms with Crippen LogP contribution in [0.3, 0.4) is 0 Å². The molecule has 2 heterocycles. The smallest absolute Gasteiger partial charge is 0.0709 e. The monoisotopic (exact) mass is 283 g/mol. The molecule has 1 N–H and O–H groups in total. The summed E-state index contributed by atoms with van der Waals surface area (Å²) in [6.45, 7) is 7.53. The molecule has 0 saturated heterocycles. The lowest BCUT2D eigenvalue weighted by Gasteiger charge is -2.27. The molecule has 3 nitrogen and oxygen atoms in total. The number of benzene rings is 1. The van der Waals surface area contributed by atoms with E-state index in [1.54, 1.807) is 0 Å². The van der Waals surface area contributed by atoms with Crippen LogP contribution in [0.5, 0.6) is 0 Å². The maximum Gasteiger partial charge on any atom is 0.0709 e. The minimum Gasteiger partial charge on any atom is -0.316 e. The molecule has 0 bridgehead atoms. The number of nitrogens with zero attached hydrogens (tertiary/aromatic N) is 2. The van der Waals surface area contributed by atoms with Crippen molar-refractivity contribution in [3.8, 4) is 0 Å². The van der Waals surface area contributed by atoms with Crippen LogP contribution in [0.25, 0.3) is 10.9 Å². The number of nitrogens with one attached hydrogen (secondary N) is 1. The van der Waals surface area contributed by atoms with E-state index in [1.165, 1.54) is 27.8 Å². The summed E-state index contributed by atoms with van der Waals surface area (Å²) < 4.78 is 0. The van der Waals surface area contributed by atoms with E-state index in [4.69, 9.17) is 4.98 Å². The van der Waals surface area contributed by atoms with Gasteiger partial charge in [-0.25, -0.2) is 0 Å². The summed E-state index contributed by atoms with van der Waals surface area (Å²) in [5.41, 5.74) is 6.71.